The molecule has 28 heavy (non-hydrogen) atoms. The van der Waals surface area contributed by atoms with Gasteiger partial charge in [-0.2, -0.15) is 4.72 Å². The first-order valence-electron chi connectivity index (χ1n) is 8.57. The van der Waals surface area contributed by atoms with E-state index < -0.39 is 16.1 Å². The van der Waals surface area contributed by atoms with E-state index in [1.54, 1.807) is 17.0 Å². The van der Waals surface area contributed by atoms with E-state index in [0.717, 1.165) is 16.9 Å². The number of hydrogen-bond donors (Lipinski definition) is 1. The van der Waals surface area contributed by atoms with Crippen molar-refractivity contribution in [3.8, 4) is 0 Å². The van der Waals surface area contributed by atoms with Crippen LogP contribution in [0.15, 0.2) is 52.7 Å². The monoisotopic (exact) mass is 454 g/mol. The quantitative estimate of drug-likeness (QED) is 0.625. The van der Waals surface area contributed by atoms with Crippen molar-refractivity contribution in [2.24, 2.45) is 0 Å². The highest BCUT2D eigenvalue weighted by atomic mass is 35.5. The molecule has 0 spiro atoms. The molecule has 0 unspecified atom stereocenters. The zero-order chi connectivity index (χ0) is 19.9. The lowest BCUT2D eigenvalue weighted by atomic mass is 10.2. The van der Waals surface area contributed by atoms with Crippen molar-refractivity contribution in [1.29, 1.82) is 0 Å². The van der Waals surface area contributed by atoms with Crippen LogP contribution in [0.25, 0.3) is 10.1 Å². The number of carbonyl (C=O) groups excluding carboxylic acids is 1. The molecule has 0 radical (unpaired) electrons. The average molecular weight is 455 g/mol. The van der Waals surface area contributed by atoms with Crippen LogP contribution in [0.4, 0.5) is 0 Å². The first-order chi connectivity index (χ1) is 13.3. The molecule has 2 aromatic carbocycles. The summed E-state index contributed by atoms with van der Waals surface area (Å²) in [4.78, 5) is 14.3. The highest BCUT2D eigenvalue weighted by Crippen LogP contribution is 2.36. The number of carbonyl (C=O) groups is 1. The minimum Gasteiger partial charge on any atom is -0.337 e. The zero-order valence-electron chi connectivity index (χ0n) is 14.6. The Balaban J connectivity index is 1.52. The van der Waals surface area contributed by atoms with Crippen LogP contribution in [0, 0.1) is 0 Å². The number of amides is 1. The molecule has 1 aromatic heterocycles. The molecule has 146 valence electrons. The van der Waals surface area contributed by atoms with Crippen molar-refractivity contribution < 1.29 is 13.2 Å². The van der Waals surface area contributed by atoms with Gasteiger partial charge in [-0.05, 0) is 30.2 Å². The van der Waals surface area contributed by atoms with Gasteiger partial charge in [0, 0.05) is 28.2 Å². The Hall–Kier alpha value is -1.64. The lowest BCUT2D eigenvalue weighted by Gasteiger charge is -2.17. The predicted octanol–water partition coefficient (Wildman–Crippen LogP) is 4.29. The van der Waals surface area contributed by atoms with Crippen molar-refractivity contribution >= 4 is 60.6 Å². The summed E-state index contributed by atoms with van der Waals surface area (Å²) in [5.41, 5.74) is 1.01. The van der Waals surface area contributed by atoms with Crippen molar-refractivity contribution in [2.45, 2.75) is 23.2 Å². The van der Waals surface area contributed by atoms with Gasteiger partial charge >= 0.3 is 0 Å². The van der Waals surface area contributed by atoms with Crippen molar-refractivity contribution in [1.82, 2.24) is 9.62 Å². The van der Waals surface area contributed by atoms with Gasteiger partial charge in [-0.3, -0.25) is 4.79 Å². The molecule has 1 atom stereocenters. The van der Waals surface area contributed by atoms with Crippen molar-refractivity contribution in [3.63, 3.8) is 0 Å². The third-order valence-electron chi connectivity index (χ3n) is 4.61. The third kappa shape index (κ3) is 3.90. The lowest BCUT2D eigenvalue weighted by Crippen LogP contribution is -2.41. The molecule has 1 saturated heterocycles. The maximum atomic E-state index is 12.8. The van der Waals surface area contributed by atoms with E-state index in [-0.39, 0.29) is 10.1 Å². The van der Waals surface area contributed by atoms with Gasteiger partial charge in [0.15, 0.2) is 0 Å². The van der Waals surface area contributed by atoms with Gasteiger partial charge in [-0.25, -0.2) is 8.42 Å². The molecular formula is C19H16Cl2N2O3S2. The van der Waals surface area contributed by atoms with Crippen LogP contribution in [0.2, 0.25) is 10.0 Å². The number of nitrogens with zero attached hydrogens (tertiary/aromatic N) is 1. The molecule has 4 rings (SSSR count). The number of benzene rings is 2. The van der Waals surface area contributed by atoms with Gasteiger partial charge in [-0.15, -0.1) is 11.3 Å². The normalized spacial score (nSPS) is 17.6. The summed E-state index contributed by atoms with van der Waals surface area (Å²) in [5.74, 6) is -0.213. The maximum Gasteiger partial charge on any atom is 0.250 e. The topological polar surface area (TPSA) is 66.5 Å². The molecule has 0 saturated carbocycles. The van der Waals surface area contributed by atoms with Gasteiger partial charge in [-0.1, -0.05) is 53.5 Å². The Labute approximate surface area is 176 Å². The van der Waals surface area contributed by atoms with E-state index in [2.05, 4.69) is 4.72 Å². The molecule has 0 aliphatic carbocycles. The molecule has 9 heteroatoms. The summed E-state index contributed by atoms with van der Waals surface area (Å²) < 4.78 is 29.0. The summed E-state index contributed by atoms with van der Waals surface area (Å²) in [7, 11) is -3.85. The molecule has 1 fully saturated rings. The fourth-order valence-corrected chi connectivity index (χ4v) is 6.59. The number of thiophene rings is 1. The second kappa shape index (κ2) is 7.65. The highest BCUT2D eigenvalue weighted by Gasteiger charge is 2.35. The van der Waals surface area contributed by atoms with Crippen molar-refractivity contribution in [2.75, 3.05) is 6.54 Å². The number of hydrogen-bond acceptors (Lipinski definition) is 4. The minimum absolute atomic E-state index is 0.112. The average Bonchev–Trinajstić information content (AvgIpc) is 3.22. The summed E-state index contributed by atoms with van der Waals surface area (Å²) in [5, 5.41) is 1.46. The largest absolute Gasteiger partial charge is 0.337 e. The predicted molar refractivity (Wildman–Crippen MR) is 112 cm³/mol. The fourth-order valence-electron chi connectivity index (χ4n) is 3.23. The summed E-state index contributed by atoms with van der Waals surface area (Å²) in [6.45, 7) is 0.976. The molecule has 0 bridgehead atoms. The minimum atomic E-state index is -3.85. The van der Waals surface area contributed by atoms with Gasteiger partial charge in [0.05, 0.1) is 5.02 Å². The van der Waals surface area contributed by atoms with Crippen LogP contribution in [-0.2, 0) is 21.4 Å². The number of fused-ring (bicyclic) bond motifs is 1. The Morgan fingerprint density at radius 3 is 2.64 bits per heavy atom. The lowest BCUT2D eigenvalue weighted by molar-refractivity contribution is -0.129. The smallest absolute Gasteiger partial charge is 0.250 e. The number of sulfonamides is 1. The van der Waals surface area contributed by atoms with Gasteiger partial charge in [0.1, 0.15) is 10.3 Å². The molecule has 1 aliphatic heterocycles. The van der Waals surface area contributed by atoms with E-state index in [9.17, 15) is 13.2 Å². The Morgan fingerprint density at radius 2 is 1.89 bits per heavy atom. The first kappa shape index (κ1) is 19.7. The summed E-state index contributed by atoms with van der Waals surface area (Å²) in [6, 6.07) is 13.6. The molecule has 1 aliphatic rings. The van der Waals surface area contributed by atoms with Crippen LogP contribution in [0.3, 0.4) is 0 Å². The number of rotatable bonds is 5. The van der Waals surface area contributed by atoms with Crippen molar-refractivity contribution in [3.05, 3.63) is 64.1 Å². The van der Waals surface area contributed by atoms with Crippen LogP contribution in [0.1, 0.15) is 12.0 Å². The number of halogens is 2. The first-order valence-corrected chi connectivity index (χ1v) is 11.6. The highest BCUT2D eigenvalue weighted by molar-refractivity contribution is 7.91. The molecular weight excluding hydrogens is 439 g/mol. The molecule has 2 heterocycles. The van der Waals surface area contributed by atoms with Crippen LogP contribution in [-0.4, -0.2) is 31.8 Å². The second-order valence-electron chi connectivity index (χ2n) is 6.57. The van der Waals surface area contributed by atoms with Gasteiger partial charge in [0.2, 0.25) is 5.91 Å². The van der Waals surface area contributed by atoms with Crippen LogP contribution in [0.5, 0.6) is 0 Å². The van der Waals surface area contributed by atoms with Crippen LogP contribution >= 0.6 is 34.5 Å². The number of nitrogens with one attached hydrogen (secondary N) is 1. The van der Waals surface area contributed by atoms with E-state index in [1.165, 1.54) is 6.07 Å². The zero-order valence-corrected chi connectivity index (χ0v) is 17.7. The number of likely N-dealkylation sites (tertiary alicyclic amines) is 1. The summed E-state index contributed by atoms with van der Waals surface area (Å²) >= 11 is 13.2. The second-order valence-corrected chi connectivity index (χ2v) is 10.4. The van der Waals surface area contributed by atoms with Gasteiger partial charge in [0.25, 0.3) is 10.0 Å². The Morgan fingerprint density at radius 1 is 1.14 bits per heavy atom. The van der Waals surface area contributed by atoms with E-state index in [1.807, 2.05) is 30.3 Å². The van der Waals surface area contributed by atoms with Gasteiger partial charge < -0.3 is 4.90 Å². The molecule has 1 amide bonds. The maximum absolute atomic E-state index is 12.8. The van der Waals surface area contributed by atoms with Crippen LogP contribution < -0.4 is 4.72 Å². The fraction of sp³-hybridized carbons (Fsp3) is 0.211. The van der Waals surface area contributed by atoms with E-state index >= 15 is 0 Å². The third-order valence-corrected chi connectivity index (χ3v) is 8.16. The Bertz CT molecular complexity index is 1150. The Kier molecular flexibility index (Phi) is 5.37. The standard InChI is InChI=1S/C19H16Cl2N2O3S2/c20-13-8-15(21)14-10-18(27-17(14)9-13)28(25,26)22-16-6-7-23(19(16)24)11-12-4-2-1-3-5-12/h1-5,8-10,16,22H,6-7,11H2/t16-/m0/s1. The van der Waals surface area contributed by atoms with E-state index in [4.69, 9.17) is 23.2 Å². The molecule has 3 aromatic rings. The molecule has 5 nitrogen and oxygen atoms in total. The SMILES string of the molecule is O=C1[C@@H](NS(=O)(=O)c2cc3c(Cl)cc(Cl)cc3s2)CCN1Cc1ccccc1. The van der Waals surface area contributed by atoms with E-state index in [0.29, 0.717) is 39.6 Å². The molecule has 1 N–H and O–H groups in total. The summed E-state index contributed by atoms with van der Waals surface area (Å²) in [6.07, 6.45) is 0.433.